The second-order valence-electron chi connectivity index (χ2n) is 12.7. The van der Waals surface area contributed by atoms with E-state index in [-0.39, 0.29) is 11.8 Å². The van der Waals surface area contributed by atoms with Crippen LogP contribution in [0.4, 0.5) is 5.82 Å². The van der Waals surface area contributed by atoms with Crippen molar-refractivity contribution in [3.8, 4) is 0 Å². The van der Waals surface area contributed by atoms with Gasteiger partial charge in [0.1, 0.15) is 11.6 Å². The number of fused-ring (bicyclic) bond motifs is 6. The minimum atomic E-state index is -0.0950. The fourth-order valence-corrected chi connectivity index (χ4v) is 7.32. The number of rotatable bonds is 8. The van der Waals surface area contributed by atoms with Crippen LogP contribution in [0.5, 0.6) is 0 Å². The van der Waals surface area contributed by atoms with Crippen LogP contribution in [0.2, 0.25) is 0 Å². The molecule has 3 N–H and O–H groups in total. The maximum Gasteiger partial charge on any atom is 0.251 e. The average Bonchev–Trinajstić information content (AvgIpc) is 3.52. The summed E-state index contributed by atoms with van der Waals surface area (Å²) in [5, 5.41) is 9.84. The van der Waals surface area contributed by atoms with E-state index in [9.17, 15) is 4.79 Å². The van der Waals surface area contributed by atoms with Gasteiger partial charge in [0, 0.05) is 42.6 Å². The standard InChI is InChI=1S/C40H38N6O/c1-41-19-20-42-40(47)29-14-18-36-37(23-29)44-38(43-36)24-46(2)39-34(22-28-8-4-6-10-35(28)45-39)27-12-15-31-26(21-27)13-17-32-30-9-5-3-7-25(30)11-16-33(31)32/h3-12,14-16,18,22-23,27,41H,13,17,19-21,24H2,1-2H3,(H,42,47)(H,43,44). The number of amides is 1. The van der Waals surface area contributed by atoms with E-state index < -0.39 is 0 Å². The average molecular weight is 619 g/mol. The van der Waals surface area contributed by atoms with Crippen LogP contribution in [-0.2, 0) is 13.0 Å². The Morgan fingerprint density at radius 3 is 2.66 bits per heavy atom. The highest BCUT2D eigenvalue weighted by molar-refractivity contribution is 5.97. The Balaban J connectivity index is 1.09. The number of aromatic nitrogens is 3. The highest BCUT2D eigenvalue weighted by Gasteiger charge is 2.27. The number of nitrogens with zero attached hydrogens (tertiary/aromatic N) is 3. The van der Waals surface area contributed by atoms with E-state index in [2.05, 4.69) is 100 Å². The maximum absolute atomic E-state index is 12.6. The number of para-hydroxylation sites is 1. The number of H-pyrrole nitrogens is 1. The van der Waals surface area contributed by atoms with Gasteiger partial charge in [-0.05, 0) is 84.1 Å². The van der Waals surface area contributed by atoms with Gasteiger partial charge in [-0.25, -0.2) is 9.97 Å². The predicted octanol–water partition coefficient (Wildman–Crippen LogP) is 7.29. The lowest BCUT2D eigenvalue weighted by Crippen LogP contribution is -2.30. The van der Waals surface area contributed by atoms with Crippen molar-refractivity contribution in [1.29, 1.82) is 0 Å². The summed E-state index contributed by atoms with van der Waals surface area (Å²) in [6.07, 6.45) is 7.89. The summed E-state index contributed by atoms with van der Waals surface area (Å²) in [4.78, 5) is 28.4. The van der Waals surface area contributed by atoms with Crippen LogP contribution < -0.4 is 15.5 Å². The van der Waals surface area contributed by atoms with Crippen molar-refractivity contribution >= 4 is 50.0 Å². The first-order valence-corrected chi connectivity index (χ1v) is 16.5. The van der Waals surface area contributed by atoms with Gasteiger partial charge in [0.15, 0.2) is 0 Å². The van der Waals surface area contributed by atoms with Crippen molar-refractivity contribution in [1.82, 2.24) is 25.6 Å². The number of aryl methyl sites for hydroxylation is 1. The number of benzene rings is 4. The van der Waals surface area contributed by atoms with Crippen molar-refractivity contribution in [2.75, 3.05) is 32.1 Å². The first-order valence-electron chi connectivity index (χ1n) is 16.5. The molecule has 0 fully saturated rings. The van der Waals surface area contributed by atoms with Crippen molar-refractivity contribution < 1.29 is 4.79 Å². The van der Waals surface area contributed by atoms with Gasteiger partial charge in [-0.1, -0.05) is 72.3 Å². The van der Waals surface area contributed by atoms with Gasteiger partial charge in [-0.15, -0.1) is 0 Å². The molecule has 0 saturated carbocycles. The second kappa shape index (κ2) is 12.2. The Labute approximate surface area is 274 Å². The Kier molecular flexibility index (Phi) is 7.54. The van der Waals surface area contributed by atoms with Crippen LogP contribution in [-0.4, -0.2) is 48.0 Å². The third-order valence-corrected chi connectivity index (χ3v) is 9.69. The largest absolute Gasteiger partial charge is 0.352 e. The summed E-state index contributed by atoms with van der Waals surface area (Å²) in [6.45, 7) is 1.85. The zero-order valence-corrected chi connectivity index (χ0v) is 26.8. The van der Waals surface area contributed by atoms with E-state index in [0.29, 0.717) is 18.7 Å². The Bertz CT molecular complexity index is 2230. The van der Waals surface area contributed by atoms with Crippen LogP contribution in [0.15, 0.2) is 103 Å². The highest BCUT2D eigenvalue weighted by atomic mass is 16.1. The predicted molar refractivity (Wildman–Crippen MR) is 192 cm³/mol. The number of aromatic amines is 1. The summed E-state index contributed by atoms with van der Waals surface area (Å²) in [5.41, 5.74) is 10.3. The van der Waals surface area contributed by atoms with E-state index in [1.165, 1.54) is 38.6 Å². The summed E-state index contributed by atoms with van der Waals surface area (Å²) in [6, 6.07) is 29.7. The van der Waals surface area contributed by atoms with Gasteiger partial charge < -0.3 is 20.5 Å². The molecular weight excluding hydrogens is 580 g/mol. The monoisotopic (exact) mass is 618 g/mol. The topological polar surface area (TPSA) is 85.9 Å². The molecule has 0 radical (unpaired) electrons. The molecule has 7 nitrogen and oxygen atoms in total. The van der Waals surface area contributed by atoms with Gasteiger partial charge in [-0.3, -0.25) is 4.79 Å². The molecule has 6 aromatic rings. The zero-order valence-electron chi connectivity index (χ0n) is 26.8. The van der Waals surface area contributed by atoms with E-state index >= 15 is 0 Å². The lowest BCUT2D eigenvalue weighted by atomic mass is 9.75. The van der Waals surface area contributed by atoms with Crippen LogP contribution >= 0.6 is 0 Å². The number of carbonyl (C=O) groups is 1. The molecule has 2 aliphatic rings. The highest BCUT2D eigenvalue weighted by Crippen LogP contribution is 2.45. The van der Waals surface area contributed by atoms with Gasteiger partial charge in [0.25, 0.3) is 5.91 Å². The fourth-order valence-electron chi connectivity index (χ4n) is 7.32. The van der Waals surface area contributed by atoms with E-state index in [0.717, 1.165) is 59.4 Å². The van der Waals surface area contributed by atoms with Gasteiger partial charge >= 0.3 is 0 Å². The number of carbonyl (C=O) groups excluding carboxylic acids is 1. The lowest BCUT2D eigenvalue weighted by Gasteiger charge is -2.31. The fraction of sp³-hybridized carbons (Fsp3) is 0.225. The minimum absolute atomic E-state index is 0.0950. The summed E-state index contributed by atoms with van der Waals surface area (Å²) in [7, 11) is 3.96. The molecule has 2 aliphatic carbocycles. The molecule has 1 unspecified atom stereocenters. The molecule has 0 aliphatic heterocycles. The zero-order chi connectivity index (χ0) is 31.9. The molecule has 2 heterocycles. The van der Waals surface area contributed by atoms with E-state index in [1.807, 2.05) is 31.3 Å². The van der Waals surface area contributed by atoms with Crippen LogP contribution in [0.1, 0.15) is 51.6 Å². The number of nitrogens with one attached hydrogen (secondary N) is 3. The smallest absolute Gasteiger partial charge is 0.251 e. The van der Waals surface area contributed by atoms with E-state index in [4.69, 9.17) is 9.97 Å². The van der Waals surface area contributed by atoms with Crippen molar-refractivity contribution in [2.45, 2.75) is 31.7 Å². The minimum Gasteiger partial charge on any atom is -0.352 e. The molecule has 1 amide bonds. The maximum atomic E-state index is 12.6. The first-order chi connectivity index (χ1) is 23.1. The lowest BCUT2D eigenvalue weighted by molar-refractivity contribution is 0.0954. The molecule has 8 rings (SSSR count). The number of likely N-dealkylation sites (N-methyl/N-ethyl adjacent to an activating group) is 1. The molecule has 1 atom stereocenters. The summed E-state index contributed by atoms with van der Waals surface area (Å²) < 4.78 is 0. The quantitative estimate of drug-likeness (QED) is 0.156. The number of anilines is 1. The van der Waals surface area contributed by atoms with E-state index in [1.54, 1.807) is 0 Å². The Morgan fingerprint density at radius 1 is 0.915 bits per heavy atom. The number of pyridine rings is 1. The van der Waals surface area contributed by atoms with Crippen molar-refractivity contribution in [3.63, 3.8) is 0 Å². The number of hydrogen-bond acceptors (Lipinski definition) is 5. The van der Waals surface area contributed by atoms with Crippen LogP contribution in [0.25, 0.3) is 38.3 Å². The molecular formula is C40H38N6O. The molecule has 0 saturated heterocycles. The molecule has 47 heavy (non-hydrogen) atoms. The molecule has 4 aromatic carbocycles. The summed E-state index contributed by atoms with van der Waals surface area (Å²) in [5.74, 6) is 1.93. The third kappa shape index (κ3) is 5.47. The molecule has 234 valence electrons. The number of hydrogen-bond donors (Lipinski definition) is 3. The molecule has 2 aromatic heterocycles. The SMILES string of the molecule is CNCCNC(=O)c1ccc2[nH]c(CN(C)c3nc4ccccc4cc3C3C=CC4=C(CCc5c4ccc4ccccc54)C3)nc2c1. The third-order valence-electron chi connectivity index (χ3n) is 9.69. The Hall–Kier alpha value is -5.27. The normalized spacial score (nSPS) is 15.7. The second-order valence-corrected chi connectivity index (χ2v) is 12.7. The molecule has 0 bridgehead atoms. The van der Waals surface area contributed by atoms with Gasteiger partial charge in [0.05, 0.1) is 23.1 Å². The van der Waals surface area contributed by atoms with Crippen molar-refractivity contribution in [2.24, 2.45) is 0 Å². The van der Waals surface area contributed by atoms with Crippen LogP contribution in [0.3, 0.4) is 0 Å². The summed E-state index contributed by atoms with van der Waals surface area (Å²) >= 11 is 0. The first kappa shape index (κ1) is 29.2. The van der Waals surface area contributed by atoms with Gasteiger partial charge in [0.2, 0.25) is 0 Å². The van der Waals surface area contributed by atoms with Crippen LogP contribution in [0, 0.1) is 0 Å². The Morgan fingerprint density at radius 2 is 1.77 bits per heavy atom. The van der Waals surface area contributed by atoms with Crippen molar-refractivity contribution in [3.05, 3.63) is 131 Å². The molecule has 7 heteroatoms. The number of allylic oxidation sites excluding steroid dienone is 4. The number of imidazole rings is 1. The molecule has 0 spiro atoms. The van der Waals surface area contributed by atoms with Gasteiger partial charge in [-0.2, -0.15) is 0 Å².